The molecule has 0 radical (unpaired) electrons. The standard InChI is InChI=1S/C19H17F3N3OP.C13H12ClF3N3OP.C6H7BO2/c1-27(2,26)15-10-8-14(9-11-15)24-18-23-12-16(19(20,21)22)17(25-18)13-6-4-3-5-7-13;1-22(2,21)9-5-3-8(4-6-9)19-12-18-7-10(11(14)20-12)13(15,16)17;8-7(9)6-4-2-1-3-5-6/h3-12H,1-2H3,(H,23,24,25);3-7H,1-2H3,(H,18,19,20);1-5,8-9H. The van der Waals surface area contributed by atoms with E-state index in [1.807, 2.05) is 6.07 Å². The lowest BCUT2D eigenvalue weighted by Crippen LogP contribution is -2.29. The van der Waals surface area contributed by atoms with Gasteiger partial charge in [0.15, 0.2) is 0 Å². The topological polar surface area (TPSA) is 150 Å². The van der Waals surface area contributed by atoms with Crippen molar-refractivity contribution in [1.29, 1.82) is 0 Å². The lowest BCUT2D eigenvalue weighted by Gasteiger charge is -2.14. The minimum absolute atomic E-state index is 0.0470. The summed E-state index contributed by atoms with van der Waals surface area (Å²) in [5, 5.41) is 23.5. The Kier molecular flexibility index (Phi) is 15.1. The van der Waals surface area contributed by atoms with Crippen LogP contribution in [0.2, 0.25) is 5.15 Å². The van der Waals surface area contributed by atoms with Crippen molar-refractivity contribution in [2.75, 3.05) is 37.3 Å². The Morgan fingerprint density at radius 2 is 0.983 bits per heavy atom. The second-order valence-electron chi connectivity index (χ2n) is 13.0. The van der Waals surface area contributed by atoms with E-state index in [0.29, 0.717) is 39.2 Å². The predicted octanol–water partition coefficient (Wildman–Crippen LogP) is 8.66. The highest BCUT2D eigenvalue weighted by atomic mass is 35.5. The minimum Gasteiger partial charge on any atom is -0.423 e. The summed E-state index contributed by atoms with van der Waals surface area (Å²) in [5.41, 5.74) is -0.163. The Hall–Kier alpha value is -5.05. The zero-order valence-corrected chi connectivity index (χ0v) is 33.7. The van der Waals surface area contributed by atoms with E-state index in [1.165, 1.54) is 0 Å². The van der Waals surface area contributed by atoms with Gasteiger partial charge in [-0.2, -0.15) is 26.3 Å². The summed E-state index contributed by atoms with van der Waals surface area (Å²) in [5.74, 6) is -0.00675. The lowest BCUT2D eigenvalue weighted by molar-refractivity contribution is -0.138. The van der Waals surface area contributed by atoms with Crippen molar-refractivity contribution < 1.29 is 45.5 Å². The van der Waals surface area contributed by atoms with Gasteiger partial charge in [0.05, 0.1) is 5.69 Å². The third-order valence-electron chi connectivity index (χ3n) is 7.78. The molecule has 4 N–H and O–H groups in total. The van der Waals surface area contributed by atoms with E-state index in [1.54, 1.807) is 130 Å². The number of halogens is 7. The zero-order chi connectivity index (χ0) is 42.9. The summed E-state index contributed by atoms with van der Waals surface area (Å²) in [4.78, 5) is 15.0. The van der Waals surface area contributed by atoms with Crippen LogP contribution in [0.5, 0.6) is 0 Å². The highest BCUT2D eigenvalue weighted by molar-refractivity contribution is 7.70. The van der Waals surface area contributed by atoms with Crippen molar-refractivity contribution in [1.82, 2.24) is 19.9 Å². The SMILES string of the molecule is CP(C)(=O)c1ccc(Nc2ncc(C(F)(F)F)c(-c3ccccc3)n2)cc1.CP(C)(=O)c1ccc(Nc2ncc(C(F)(F)F)c(Cl)n2)cc1.OB(O)c1ccccc1. The van der Waals surface area contributed by atoms with Crippen LogP contribution in [0.4, 0.5) is 49.6 Å². The van der Waals surface area contributed by atoms with Crippen LogP contribution in [0.25, 0.3) is 11.3 Å². The van der Waals surface area contributed by atoms with Crippen LogP contribution in [-0.4, -0.2) is 63.8 Å². The smallest absolute Gasteiger partial charge is 0.423 e. The number of hydrogen-bond donors (Lipinski definition) is 4. The maximum Gasteiger partial charge on any atom is 0.488 e. The van der Waals surface area contributed by atoms with Crippen molar-refractivity contribution in [3.8, 4) is 11.3 Å². The number of alkyl halides is 6. The maximum absolute atomic E-state index is 13.3. The van der Waals surface area contributed by atoms with Gasteiger partial charge in [-0.3, -0.25) is 0 Å². The summed E-state index contributed by atoms with van der Waals surface area (Å²) in [6, 6.07) is 30.3. The van der Waals surface area contributed by atoms with Crippen LogP contribution in [0.15, 0.2) is 122 Å². The fourth-order valence-electron chi connectivity index (χ4n) is 4.77. The van der Waals surface area contributed by atoms with Crippen LogP contribution in [0.3, 0.4) is 0 Å². The Labute approximate surface area is 335 Å². The van der Waals surface area contributed by atoms with E-state index in [0.717, 1.165) is 6.20 Å². The molecule has 0 unspecified atom stereocenters. The molecule has 6 aromatic rings. The minimum atomic E-state index is -4.60. The van der Waals surface area contributed by atoms with Gasteiger partial charge < -0.3 is 29.8 Å². The Bertz CT molecular complexity index is 2370. The molecule has 2 heterocycles. The largest absolute Gasteiger partial charge is 0.488 e. The Morgan fingerprint density at radius 1 is 0.586 bits per heavy atom. The third-order valence-corrected chi connectivity index (χ3v) is 11.1. The molecule has 0 amide bonds. The van der Waals surface area contributed by atoms with Crippen LogP contribution in [0, 0.1) is 0 Å². The molecule has 0 saturated carbocycles. The number of nitrogens with zero attached hydrogens (tertiary/aromatic N) is 4. The second kappa shape index (κ2) is 19.1. The fourth-order valence-corrected chi connectivity index (χ4v) is 6.74. The molecule has 0 spiro atoms. The highest BCUT2D eigenvalue weighted by Crippen LogP contribution is 2.38. The first kappa shape index (κ1) is 45.7. The van der Waals surface area contributed by atoms with Gasteiger partial charge in [0.25, 0.3) is 0 Å². The molecular formula is C38H36BClF6N6O4P2. The Balaban J connectivity index is 0.000000214. The highest BCUT2D eigenvalue weighted by Gasteiger charge is 2.36. The van der Waals surface area contributed by atoms with Crippen LogP contribution in [0.1, 0.15) is 11.1 Å². The number of anilines is 4. The van der Waals surface area contributed by atoms with Crippen LogP contribution >= 0.6 is 25.9 Å². The second-order valence-corrected chi connectivity index (χ2v) is 19.8. The van der Waals surface area contributed by atoms with Crippen molar-refractivity contribution in [2.24, 2.45) is 0 Å². The molecule has 20 heteroatoms. The van der Waals surface area contributed by atoms with Gasteiger partial charge in [-0.05, 0) is 80.7 Å². The number of rotatable bonds is 8. The molecule has 0 bridgehead atoms. The zero-order valence-electron chi connectivity index (χ0n) is 31.2. The monoisotopic (exact) mass is 862 g/mol. The van der Waals surface area contributed by atoms with E-state index in [4.69, 9.17) is 21.6 Å². The fraction of sp³-hybridized carbons (Fsp3) is 0.158. The maximum atomic E-state index is 13.3. The molecule has 0 aliphatic carbocycles. The summed E-state index contributed by atoms with van der Waals surface area (Å²) in [6.45, 7) is 6.63. The molecule has 0 atom stereocenters. The molecule has 0 aliphatic heterocycles. The first-order chi connectivity index (χ1) is 27.0. The van der Waals surface area contributed by atoms with E-state index < -0.39 is 50.0 Å². The van der Waals surface area contributed by atoms with E-state index in [2.05, 4.69) is 30.6 Å². The predicted molar refractivity (Wildman–Crippen MR) is 218 cm³/mol. The molecule has 2 aromatic heterocycles. The lowest BCUT2D eigenvalue weighted by atomic mass is 9.81. The van der Waals surface area contributed by atoms with Crippen molar-refractivity contribution in [3.05, 3.63) is 138 Å². The number of benzene rings is 4. The molecule has 58 heavy (non-hydrogen) atoms. The van der Waals surface area contributed by atoms with E-state index >= 15 is 0 Å². The van der Waals surface area contributed by atoms with Gasteiger partial charge in [-0.25, -0.2) is 19.9 Å². The number of nitrogens with one attached hydrogen (secondary N) is 2. The van der Waals surface area contributed by atoms with Gasteiger partial charge >= 0.3 is 19.5 Å². The molecule has 4 aromatic carbocycles. The third kappa shape index (κ3) is 13.5. The molecule has 0 fully saturated rings. The van der Waals surface area contributed by atoms with Crippen molar-refractivity contribution in [3.63, 3.8) is 0 Å². The van der Waals surface area contributed by atoms with Gasteiger partial charge in [0, 0.05) is 39.9 Å². The van der Waals surface area contributed by atoms with Gasteiger partial charge in [-0.1, -0.05) is 72.3 Å². The number of hydrogen-bond acceptors (Lipinski definition) is 10. The van der Waals surface area contributed by atoms with Gasteiger partial charge in [0.1, 0.15) is 30.6 Å². The molecule has 0 saturated heterocycles. The quantitative estimate of drug-likeness (QED) is 0.0507. The van der Waals surface area contributed by atoms with Gasteiger partial charge in [0.2, 0.25) is 11.9 Å². The molecule has 6 rings (SSSR count). The first-order valence-corrected chi connectivity index (χ1v) is 22.5. The summed E-state index contributed by atoms with van der Waals surface area (Å²) in [6.07, 6.45) is -7.76. The number of aromatic nitrogens is 4. The first-order valence-electron chi connectivity index (χ1n) is 16.9. The van der Waals surface area contributed by atoms with Crippen LogP contribution in [-0.2, 0) is 21.5 Å². The summed E-state index contributed by atoms with van der Waals surface area (Å²) < 4.78 is 102. The van der Waals surface area contributed by atoms with E-state index in [9.17, 15) is 35.5 Å². The van der Waals surface area contributed by atoms with E-state index in [-0.39, 0.29) is 17.6 Å². The van der Waals surface area contributed by atoms with Crippen molar-refractivity contribution in [2.45, 2.75) is 12.4 Å². The summed E-state index contributed by atoms with van der Waals surface area (Å²) in [7, 11) is -6.08. The van der Waals surface area contributed by atoms with Crippen molar-refractivity contribution >= 4 is 72.3 Å². The average molecular weight is 863 g/mol. The average Bonchev–Trinajstić information content (AvgIpc) is 3.15. The van der Waals surface area contributed by atoms with Crippen LogP contribution < -0.4 is 26.7 Å². The molecule has 304 valence electrons. The molecular weight excluding hydrogens is 827 g/mol. The molecule has 10 nitrogen and oxygen atoms in total. The summed E-state index contributed by atoms with van der Waals surface area (Å²) >= 11 is 5.52. The normalized spacial score (nSPS) is 11.7. The Morgan fingerprint density at radius 3 is 1.34 bits per heavy atom. The van der Waals surface area contributed by atoms with Gasteiger partial charge in [-0.15, -0.1) is 0 Å². The molecule has 0 aliphatic rings.